The SMILES string of the molecule is OC[N+]1(C(c2ccccc2)(c2ccccc2)c2ccccc2)N=NN=C1c1ccccc1. The van der Waals surface area contributed by atoms with Gasteiger partial charge in [0, 0.05) is 21.9 Å². The summed E-state index contributed by atoms with van der Waals surface area (Å²) >= 11 is 0. The molecule has 32 heavy (non-hydrogen) atoms. The van der Waals surface area contributed by atoms with Crippen molar-refractivity contribution in [1.82, 2.24) is 0 Å². The van der Waals surface area contributed by atoms with E-state index in [1.165, 1.54) is 0 Å². The van der Waals surface area contributed by atoms with E-state index in [0.29, 0.717) is 5.84 Å². The molecule has 0 saturated heterocycles. The Morgan fingerprint density at radius 2 is 1.00 bits per heavy atom. The van der Waals surface area contributed by atoms with Crippen molar-refractivity contribution >= 4 is 5.84 Å². The highest BCUT2D eigenvalue weighted by atomic mass is 16.3. The van der Waals surface area contributed by atoms with Crippen molar-refractivity contribution in [1.29, 1.82) is 0 Å². The highest BCUT2D eigenvalue weighted by Gasteiger charge is 2.62. The van der Waals surface area contributed by atoms with Crippen LogP contribution in [-0.2, 0) is 5.54 Å². The van der Waals surface area contributed by atoms with Gasteiger partial charge in [0.05, 0.1) is 10.8 Å². The molecule has 1 atom stereocenters. The third-order valence-electron chi connectivity index (χ3n) is 6.05. The molecule has 0 spiro atoms. The molecule has 4 aromatic rings. The molecule has 1 aliphatic heterocycles. The number of aliphatic hydroxyl groups is 1. The number of quaternary nitrogens is 1. The second-order valence-corrected chi connectivity index (χ2v) is 7.69. The predicted molar refractivity (Wildman–Crippen MR) is 124 cm³/mol. The molecule has 1 aliphatic rings. The maximum atomic E-state index is 11.1. The van der Waals surface area contributed by atoms with Crippen LogP contribution in [0.1, 0.15) is 22.3 Å². The van der Waals surface area contributed by atoms with E-state index in [1.807, 2.05) is 84.9 Å². The van der Waals surface area contributed by atoms with Crippen LogP contribution in [0.15, 0.2) is 137 Å². The molecule has 5 rings (SSSR count). The average Bonchev–Trinajstić information content (AvgIpc) is 3.32. The minimum Gasteiger partial charge on any atom is -0.345 e. The third kappa shape index (κ3) is 2.91. The second kappa shape index (κ2) is 8.30. The minimum absolute atomic E-state index is 0.227. The van der Waals surface area contributed by atoms with Gasteiger partial charge in [0.25, 0.3) is 5.84 Å². The Bertz CT molecular complexity index is 1150. The lowest BCUT2D eigenvalue weighted by atomic mass is 9.74. The van der Waals surface area contributed by atoms with Crippen LogP contribution in [0.25, 0.3) is 0 Å². The van der Waals surface area contributed by atoms with Crippen molar-refractivity contribution in [3.8, 4) is 0 Å². The summed E-state index contributed by atoms with van der Waals surface area (Å²) in [4.78, 5) is 0. The maximum absolute atomic E-state index is 11.1. The Labute approximate surface area is 187 Å². The summed E-state index contributed by atoms with van der Waals surface area (Å²) in [6, 6.07) is 40.3. The first-order chi connectivity index (χ1) is 15.8. The van der Waals surface area contributed by atoms with Crippen molar-refractivity contribution in [2.45, 2.75) is 5.54 Å². The molecule has 1 unspecified atom stereocenters. The summed E-state index contributed by atoms with van der Waals surface area (Å²) in [5.41, 5.74) is 2.88. The van der Waals surface area contributed by atoms with Crippen LogP contribution < -0.4 is 0 Å². The Kier molecular flexibility index (Phi) is 5.19. The van der Waals surface area contributed by atoms with Crippen molar-refractivity contribution in [3.05, 3.63) is 144 Å². The molecule has 0 radical (unpaired) electrons. The number of aliphatic hydroxyl groups excluding tert-OH is 1. The first-order valence-electron chi connectivity index (χ1n) is 10.5. The van der Waals surface area contributed by atoms with Gasteiger partial charge in [-0.3, -0.25) is 0 Å². The summed E-state index contributed by atoms with van der Waals surface area (Å²) in [5.74, 6) is 0.588. The van der Waals surface area contributed by atoms with Crippen molar-refractivity contribution in [2.75, 3.05) is 6.73 Å². The molecular weight excluding hydrogens is 396 g/mol. The van der Waals surface area contributed by atoms with E-state index in [9.17, 15) is 5.11 Å². The fourth-order valence-corrected chi connectivity index (χ4v) is 4.71. The molecule has 0 fully saturated rings. The lowest BCUT2D eigenvalue weighted by Crippen LogP contribution is -2.63. The zero-order chi connectivity index (χ0) is 21.9. The van der Waals surface area contributed by atoms with E-state index < -0.39 is 5.54 Å². The molecule has 156 valence electrons. The quantitative estimate of drug-likeness (QED) is 0.326. The Hall–Kier alpha value is -3.93. The first-order valence-corrected chi connectivity index (χ1v) is 10.5. The van der Waals surface area contributed by atoms with Crippen LogP contribution in [0, 0.1) is 0 Å². The van der Waals surface area contributed by atoms with E-state index in [-0.39, 0.29) is 11.3 Å². The summed E-state index contributed by atoms with van der Waals surface area (Å²) < 4.78 is -0.227. The number of benzene rings is 4. The van der Waals surface area contributed by atoms with Crippen molar-refractivity contribution < 1.29 is 9.70 Å². The van der Waals surface area contributed by atoms with Gasteiger partial charge in [-0.15, -0.1) is 0 Å². The molecule has 0 aromatic heterocycles. The van der Waals surface area contributed by atoms with Crippen LogP contribution in [0.3, 0.4) is 0 Å². The largest absolute Gasteiger partial charge is 0.345 e. The van der Waals surface area contributed by atoms with E-state index in [1.54, 1.807) is 0 Å². The van der Waals surface area contributed by atoms with Gasteiger partial charge in [0.2, 0.25) is 12.3 Å². The first kappa shape index (κ1) is 20.0. The maximum Gasteiger partial charge on any atom is 0.287 e. The van der Waals surface area contributed by atoms with E-state index in [4.69, 9.17) is 0 Å². The van der Waals surface area contributed by atoms with E-state index >= 15 is 0 Å². The topological polar surface area (TPSA) is 57.3 Å². The number of amidine groups is 1. The normalized spacial score (nSPS) is 17.8. The third-order valence-corrected chi connectivity index (χ3v) is 6.05. The van der Waals surface area contributed by atoms with Crippen LogP contribution in [-0.4, -0.2) is 22.3 Å². The molecule has 5 heteroatoms. The zero-order valence-corrected chi connectivity index (χ0v) is 17.5. The zero-order valence-electron chi connectivity index (χ0n) is 17.5. The smallest absolute Gasteiger partial charge is 0.287 e. The Balaban J connectivity index is 1.92. The summed E-state index contributed by atoms with van der Waals surface area (Å²) in [5, 5.41) is 24.4. The lowest BCUT2D eigenvalue weighted by Gasteiger charge is -2.45. The predicted octanol–water partition coefficient (Wildman–Crippen LogP) is 5.49. The molecule has 0 bridgehead atoms. The molecule has 0 saturated carbocycles. The van der Waals surface area contributed by atoms with Crippen LogP contribution in [0.5, 0.6) is 0 Å². The summed E-state index contributed by atoms with van der Waals surface area (Å²) in [6.45, 7) is -0.324. The monoisotopic (exact) mass is 419 g/mol. The van der Waals surface area contributed by atoms with Crippen molar-refractivity contribution in [2.24, 2.45) is 15.5 Å². The molecule has 0 amide bonds. The van der Waals surface area contributed by atoms with Crippen LogP contribution in [0.2, 0.25) is 0 Å². The molecular formula is C27H23N4O+. The molecule has 5 nitrogen and oxygen atoms in total. The van der Waals surface area contributed by atoms with Gasteiger partial charge in [0.15, 0.2) is 0 Å². The van der Waals surface area contributed by atoms with Crippen molar-refractivity contribution in [3.63, 3.8) is 0 Å². The molecule has 0 aliphatic carbocycles. The minimum atomic E-state index is -0.923. The molecule has 1 N–H and O–H groups in total. The summed E-state index contributed by atoms with van der Waals surface area (Å²) in [6.07, 6.45) is 0. The number of hydrogen-bond donors (Lipinski definition) is 1. The van der Waals surface area contributed by atoms with Crippen LogP contribution >= 0.6 is 0 Å². The van der Waals surface area contributed by atoms with Crippen LogP contribution in [0.4, 0.5) is 0 Å². The van der Waals surface area contributed by atoms with E-state index in [2.05, 4.69) is 51.9 Å². The highest BCUT2D eigenvalue weighted by Crippen LogP contribution is 2.50. The average molecular weight is 420 g/mol. The standard InChI is InChI=1S/C27H23N4O/c32-21-31(26(28-29-30-31)22-13-5-1-6-14-22)27(23-15-7-2-8-16-23,24-17-9-3-10-18-24)25-19-11-4-12-20-25/h1-20,32H,21H2/q+1. The fraction of sp³-hybridized carbons (Fsp3) is 0.0741. The van der Waals surface area contributed by atoms with Gasteiger partial charge in [-0.2, -0.15) is 0 Å². The molecule has 1 heterocycles. The number of nitrogens with zero attached hydrogens (tertiary/aromatic N) is 4. The number of hydrogen-bond acceptors (Lipinski definition) is 4. The fourth-order valence-electron chi connectivity index (χ4n) is 4.71. The van der Waals surface area contributed by atoms with Gasteiger partial charge >= 0.3 is 0 Å². The second-order valence-electron chi connectivity index (χ2n) is 7.69. The van der Waals surface area contributed by atoms with E-state index in [0.717, 1.165) is 22.3 Å². The Morgan fingerprint density at radius 1 is 0.594 bits per heavy atom. The lowest BCUT2D eigenvalue weighted by molar-refractivity contribution is -0.915. The van der Waals surface area contributed by atoms with Gasteiger partial charge in [-0.1, -0.05) is 119 Å². The molecule has 4 aromatic carbocycles. The van der Waals surface area contributed by atoms with Gasteiger partial charge in [-0.25, -0.2) is 0 Å². The van der Waals surface area contributed by atoms with Gasteiger partial charge < -0.3 is 5.11 Å². The number of rotatable bonds is 6. The summed E-state index contributed by atoms with van der Waals surface area (Å²) in [7, 11) is 0. The van der Waals surface area contributed by atoms with Gasteiger partial charge in [0.1, 0.15) is 0 Å². The van der Waals surface area contributed by atoms with Gasteiger partial charge in [-0.05, 0) is 12.1 Å². The Morgan fingerprint density at radius 3 is 1.41 bits per heavy atom. The highest BCUT2D eigenvalue weighted by molar-refractivity contribution is 5.94.